The van der Waals surface area contributed by atoms with E-state index < -0.39 is 0 Å². The molecule has 1 unspecified atom stereocenters. The van der Waals surface area contributed by atoms with Gasteiger partial charge in [-0.3, -0.25) is 4.79 Å². The first kappa shape index (κ1) is 15.4. The molecular formula is C15H13BrClNOS. The van der Waals surface area contributed by atoms with Gasteiger partial charge in [-0.25, -0.2) is 0 Å². The van der Waals surface area contributed by atoms with Crippen molar-refractivity contribution in [3.8, 4) is 0 Å². The topological polar surface area (TPSA) is 29.1 Å². The SMILES string of the molecule is CC(NC(=O)c1ccc(Br)cc1S)c1ccc(Cl)cc1. The molecule has 5 heteroatoms. The van der Waals surface area contributed by atoms with Crippen molar-refractivity contribution in [2.24, 2.45) is 0 Å². The predicted octanol–water partition coefficient (Wildman–Crippen LogP) is 4.88. The van der Waals surface area contributed by atoms with Crippen molar-refractivity contribution in [3.63, 3.8) is 0 Å². The average molecular weight is 371 g/mol. The summed E-state index contributed by atoms with van der Waals surface area (Å²) in [4.78, 5) is 12.9. The Hall–Kier alpha value is -0.970. The van der Waals surface area contributed by atoms with Crippen LogP contribution >= 0.6 is 40.2 Å². The fraction of sp³-hybridized carbons (Fsp3) is 0.133. The van der Waals surface area contributed by atoms with E-state index in [0.717, 1.165) is 10.0 Å². The van der Waals surface area contributed by atoms with Gasteiger partial charge in [-0.2, -0.15) is 0 Å². The Balaban J connectivity index is 2.13. The summed E-state index contributed by atoms with van der Waals surface area (Å²) in [5, 5.41) is 3.62. The Morgan fingerprint density at radius 3 is 2.50 bits per heavy atom. The number of rotatable bonds is 3. The summed E-state index contributed by atoms with van der Waals surface area (Å²) in [6.45, 7) is 1.93. The van der Waals surface area contributed by atoms with Gasteiger partial charge in [-0.05, 0) is 42.8 Å². The lowest BCUT2D eigenvalue weighted by molar-refractivity contribution is 0.0937. The molecule has 0 heterocycles. The first-order chi connectivity index (χ1) is 9.47. The van der Waals surface area contributed by atoms with Crippen LogP contribution in [0.4, 0.5) is 0 Å². The second-order valence-electron chi connectivity index (χ2n) is 4.41. The van der Waals surface area contributed by atoms with E-state index in [-0.39, 0.29) is 11.9 Å². The Kier molecular flexibility index (Phi) is 5.13. The van der Waals surface area contributed by atoms with Crippen molar-refractivity contribution in [1.82, 2.24) is 5.32 Å². The lowest BCUT2D eigenvalue weighted by Gasteiger charge is -2.15. The molecule has 0 saturated heterocycles. The van der Waals surface area contributed by atoms with Crippen LogP contribution in [0.2, 0.25) is 5.02 Å². The van der Waals surface area contributed by atoms with E-state index in [9.17, 15) is 4.79 Å². The standard InChI is InChI=1S/C15H13BrClNOS/c1-9(10-2-5-12(17)6-3-10)18-15(19)13-7-4-11(16)8-14(13)20/h2-9,20H,1H3,(H,18,19). The van der Waals surface area contributed by atoms with Crippen LogP contribution in [0.5, 0.6) is 0 Å². The third-order valence-corrected chi connectivity index (χ3v) is 4.04. The van der Waals surface area contributed by atoms with Gasteiger partial charge in [-0.15, -0.1) is 12.6 Å². The van der Waals surface area contributed by atoms with Gasteiger partial charge in [0.05, 0.1) is 11.6 Å². The van der Waals surface area contributed by atoms with Crippen molar-refractivity contribution in [2.75, 3.05) is 0 Å². The van der Waals surface area contributed by atoms with E-state index in [1.807, 2.05) is 37.3 Å². The highest BCUT2D eigenvalue weighted by molar-refractivity contribution is 9.10. The minimum absolute atomic E-state index is 0.101. The molecule has 2 aromatic rings. The third-order valence-electron chi connectivity index (χ3n) is 2.92. The van der Waals surface area contributed by atoms with Gasteiger partial charge < -0.3 is 5.32 Å². The van der Waals surface area contributed by atoms with Crippen molar-refractivity contribution in [2.45, 2.75) is 17.9 Å². The summed E-state index contributed by atoms with van der Waals surface area (Å²) < 4.78 is 0.893. The average Bonchev–Trinajstić information content (AvgIpc) is 2.39. The van der Waals surface area contributed by atoms with Crippen LogP contribution in [0.3, 0.4) is 0 Å². The van der Waals surface area contributed by atoms with E-state index in [0.29, 0.717) is 15.5 Å². The molecule has 1 atom stereocenters. The largest absolute Gasteiger partial charge is 0.345 e. The van der Waals surface area contributed by atoms with Crippen LogP contribution < -0.4 is 5.32 Å². The Morgan fingerprint density at radius 2 is 1.90 bits per heavy atom. The molecule has 1 amide bonds. The Labute approximate surface area is 137 Å². The van der Waals surface area contributed by atoms with Crippen molar-refractivity contribution in [1.29, 1.82) is 0 Å². The lowest BCUT2D eigenvalue weighted by Crippen LogP contribution is -2.26. The van der Waals surface area contributed by atoms with Crippen molar-refractivity contribution < 1.29 is 4.79 Å². The minimum atomic E-state index is -0.148. The summed E-state index contributed by atoms with van der Waals surface area (Å²) in [5.74, 6) is -0.148. The molecular weight excluding hydrogens is 358 g/mol. The van der Waals surface area contributed by atoms with Crippen LogP contribution in [-0.2, 0) is 0 Å². The van der Waals surface area contributed by atoms with Crippen LogP contribution in [0, 0.1) is 0 Å². The van der Waals surface area contributed by atoms with E-state index in [4.69, 9.17) is 11.6 Å². The number of nitrogens with one attached hydrogen (secondary N) is 1. The van der Waals surface area contributed by atoms with Gasteiger partial charge >= 0.3 is 0 Å². The van der Waals surface area contributed by atoms with E-state index in [2.05, 4.69) is 33.9 Å². The summed E-state index contributed by atoms with van der Waals surface area (Å²) >= 11 is 13.5. The van der Waals surface area contributed by atoms with E-state index in [1.54, 1.807) is 12.1 Å². The van der Waals surface area contributed by atoms with Crippen LogP contribution in [0.15, 0.2) is 51.8 Å². The molecule has 2 rings (SSSR count). The predicted molar refractivity (Wildman–Crippen MR) is 88.7 cm³/mol. The summed E-state index contributed by atoms with van der Waals surface area (Å²) in [6.07, 6.45) is 0. The molecule has 2 nitrogen and oxygen atoms in total. The molecule has 0 aliphatic heterocycles. The maximum absolute atomic E-state index is 12.2. The van der Waals surface area contributed by atoms with Gasteiger partial charge in [-0.1, -0.05) is 39.7 Å². The molecule has 20 heavy (non-hydrogen) atoms. The molecule has 0 aromatic heterocycles. The second-order valence-corrected chi connectivity index (χ2v) is 6.24. The highest BCUT2D eigenvalue weighted by Gasteiger charge is 2.13. The smallest absolute Gasteiger partial charge is 0.252 e. The van der Waals surface area contributed by atoms with Gasteiger partial charge in [0.25, 0.3) is 5.91 Å². The monoisotopic (exact) mass is 369 g/mol. The number of carbonyl (C=O) groups is 1. The van der Waals surface area contributed by atoms with E-state index in [1.165, 1.54) is 0 Å². The number of benzene rings is 2. The number of halogens is 2. The number of hydrogen-bond acceptors (Lipinski definition) is 2. The third kappa shape index (κ3) is 3.78. The van der Waals surface area contributed by atoms with Crippen molar-refractivity contribution >= 4 is 46.1 Å². The first-order valence-corrected chi connectivity index (χ1v) is 7.64. The molecule has 104 valence electrons. The van der Waals surface area contributed by atoms with Crippen LogP contribution in [-0.4, -0.2) is 5.91 Å². The number of amides is 1. The van der Waals surface area contributed by atoms with Crippen LogP contribution in [0.1, 0.15) is 28.9 Å². The molecule has 0 spiro atoms. The number of hydrogen-bond donors (Lipinski definition) is 2. The van der Waals surface area contributed by atoms with Gasteiger partial charge in [0.2, 0.25) is 0 Å². The summed E-state index contributed by atoms with van der Waals surface area (Å²) in [7, 11) is 0. The second kappa shape index (κ2) is 6.66. The highest BCUT2D eigenvalue weighted by Crippen LogP contribution is 2.21. The summed E-state index contributed by atoms with van der Waals surface area (Å²) in [5.41, 5.74) is 1.55. The van der Waals surface area contributed by atoms with Gasteiger partial charge in [0.1, 0.15) is 0 Å². The zero-order chi connectivity index (χ0) is 14.7. The zero-order valence-corrected chi connectivity index (χ0v) is 14.0. The fourth-order valence-corrected chi connectivity index (χ4v) is 2.79. The van der Waals surface area contributed by atoms with Crippen molar-refractivity contribution in [3.05, 3.63) is 63.1 Å². The molecule has 0 aliphatic carbocycles. The lowest BCUT2D eigenvalue weighted by atomic mass is 10.1. The molecule has 0 saturated carbocycles. The number of thiol groups is 1. The molecule has 0 radical (unpaired) electrons. The minimum Gasteiger partial charge on any atom is -0.345 e. The Bertz CT molecular complexity index is 630. The Morgan fingerprint density at radius 1 is 1.25 bits per heavy atom. The quantitative estimate of drug-likeness (QED) is 0.741. The van der Waals surface area contributed by atoms with Gasteiger partial charge in [0, 0.05) is 14.4 Å². The van der Waals surface area contributed by atoms with Crippen LogP contribution in [0.25, 0.3) is 0 Å². The van der Waals surface area contributed by atoms with E-state index >= 15 is 0 Å². The normalized spacial score (nSPS) is 12.0. The molecule has 0 aliphatic rings. The number of carbonyl (C=O) groups excluding carboxylic acids is 1. The maximum Gasteiger partial charge on any atom is 0.252 e. The molecule has 2 aromatic carbocycles. The molecule has 0 bridgehead atoms. The summed E-state index contributed by atoms with van der Waals surface area (Å²) in [6, 6.07) is 12.7. The molecule has 1 N–H and O–H groups in total. The molecule has 0 fully saturated rings. The fourth-order valence-electron chi connectivity index (χ4n) is 1.81. The maximum atomic E-state index is 12.2. The zero-order valence-electron chi connectivity index (χ0n) is 10.7. The van der Waals surface area contributed by atoms with Gasteiger partial charge in [0.15, 0.2) is 0 Å². The first-order valence-electron chi connectivity index (χ1n) is 6.02. The highest BCUT2D eigenvalue weighted by atomic mass is 79.9.